The van der Waals surface area contributed by atoms with Crippen molar-refractivity contribution in [3.8, 4) is 0 Å². The maximum Gasteiger partial charge on any atom is 0.262 e. The number of Topliss-reactive ketones (excluding diaryl/α,β-unsaturated/α-hetero) is 1. The molecule has 0 aliphatic heterocycles. The molecule has 0 radical (unpaired) electrons. The maximum atomic E-state index is 12.9. The number of fused-ring (bicyclic) bond motifs is 1. The van der Waals surface area contributed by atoms with Crippen LogP contribution < -0.4 is 5.56 Å². The predicted octanol–water partition coefficient (Wildman–Crippen LogP) is 3.36. The number of methoxy groups -OCH3 is 1. The summed E-state index contributed by atoms with van der Waals surface area (Å²) >= 11 is 1.53. The molecule has 0 amide bonds. The molecule has 144 valence electrons. The highest BCUT2D eigenvalue weighted by Gasteiger charge is 2.17. The Labute approximate surface area is 162 Å². The van der Waals surface area contributed by atoms with Gasteiger partial charge in [-0.25, -0.2) is 4.98 Å². The fourth-order valence-electron chi connectivity index (χ4n) is 3.33. The lowest BCUT2D eigenvalue weighted by molar-refractivity contribution is 0.0970. The minimum absolute atomic E-state index is 0.00143. The van der Waals surface area contributed by atoms with Crippen molar-refractivity contribution >= 4 is 27.3 Å². The van der Waals surface area contributed by atoms with Crippen molar-refractivity contribution in [1.29, 1.82) is 0 Å². The van der Waals surface area contributed by atoms with Gasteiger partial charge in [-0.3, -0.25) is 14.2 Å². The lowest BCUT2D eigenvalue weighted by Gasteiger charge is -2.09. The number of aromatic nitrogens is 3. The summed E-state index contributed by atoms with van der Waals surface area (Å²) in [7, 11) is 1.68. The number of ether oxygens (including phenoxy) is 1. The third-order valence-electron chi connectivity index (χ3n) is 4.84. The third kappa shape index (κ3) is 3.89. The van der Waals surface area contributed by atoms with Gasteiger partial charge in [0.05, 0.1) is 18.3 Å². The molecule has 3 heterocycles. The Bertz CT molecular complexity index is 1030. The third-order valence-corrected chi connectivity index (χ3v) is 6.02. The average Bonchev–Trinajstić information content (AvgIpc) is 3.20. The van der Waals surface area contributed by atoms with Gasteiger partial charge in [-0.2, -0.15) is 0 Å². The van der Waals surface area contributed by atoms with E-state index in [1.165, 1.54) is 22.2 Å². The molecule has 27 heavy (non-hydrogen) atoms. The molecule has 0 saturated heterocycles. The molecule has 3 rings (SSSR count). The highest BCUT2D eigenvalue weighted by Crippen LogP contribution is 2.21. The maximum absolute atomic E-state index is 12.9. The van der Waals surface area contributed by atoms with Crippen LogP contribution in [0.4, 0.5) is 0 Å². The number of thiophene rings is 1. The van der Waals surface area contributed by atoms with Crippen LogP contribution in [0.2, 0.25) is 0 Å². The molecule has 7 heteroatoms. The van der Waals surface area contributed by atoms with Crippen molar-refractivity contribution in [3.05, 3.63) is 50.6 Å². The summed E-state index contributed by atoms with van der Waals surface area (Å²) in [5.41, 5.74) is 2.48. The van der Waals surface area contributed by atoms with Gasteiger partial charge >= 0.3 is 0 Å². The molecule has 0 aliphatic carbocycles. The Kier molecular flexibility index (Phi) is 5.92. The van der Waals surface area contributed by atoms with Crippen LogP contribution in [0, 0.1) is 13.8 Å². The fraction of sp³-hybridized carbons (Fsp3) is 0.450. The lowest BCUT2D eigenvalue weighted by Crippen LogP contribution is -2.24. The zero-order valence-electron chi connectivity index (χ0n) is 16.2. The average molecular weight is 388 g/mol. The number of carbonyl (C=O) groups excluding carboxylic acids is 1. The zero-order chi connectivity index (χ0) is 19.6. The Hall–Kier alpha value is -2.25. The summed E-state index contributed by atoms with van der Waals surface area (Å²) in [6, 6.07) is 3.79. The largest absolute Gasteiger partial charge is 0.385 e. The second-order valence-electron chi connectivity index (χ2n) is 6.67. The molecular weight excluding hydrogens is 362 g/mol. The van der Waals surface area contributed by atoms with Crippen molar-refractivity contribution < 1.29 is 9.53 Å². The van der Waals surface area contributed by atoms with Crippen molar-refractivity contribution in [2.24, 2.45) is 0 Å². The van der Waals surface area contributed by atoms with E-state index in [-0.39, 0.29) is 17.9 Å². The minimum Gasteiger partial charge on any atom is -0.385 e. The number of hydrogen-bond acceptors (Lipinski definition) is 5. The van der Waals surface area contributed by atoms with Crippen LogP contribution in [-0.2, 0) is 24.2 Å². The lowest BCUT2D eigenvalue weighted by atomic mass is 10.1. The Morgan fingerprint density at radius 2 is 2.07 bits per heavy atom. The second kappa shape index (κ2) is 8.19. The van der Waals surface area contributed by atoms with Crippen LogP contribution >= 0.6 is 11.3 Å². The molecular formula is C20H25N3O3S. The van der Waals surface area contributed by atoms with E-state index in [9.17, 15) is 9.59 Å². The van der Waals surface area contributed by atoms with Crippen LogP contribution in [0.15, 0.2) is 23.3 Å². The Balaban J connectivity index is 1.85. The van der Waals surface area contributed by atoms with E-state index in [1.54, 1.807) is 7.11 Å². The van der Waals surface area contributed by atoms with Gasteiger partial charge in [0.2, 0.25) is 0 Å². The van der Waals surface area contributed by atoms with E-state index in [0.29, 0.717) is 17.6 Å². The predicted molar refractivity (Wildman–Crippen MR) is 108 cm³/mol. The van der Waals surface area contributed by atoms with Gasteiger partial charge < -0.3 is 9.30 Å². The first-order valence-corrected chi connectivity index (χ1v) is 9.94. The molecule has 0 aliphatic rings. The summed E-state index contributed by atoms with van der Waals surface area (Å²) in [5, 5.41) is 0.595. The molecule has 0 atom stereocenters. The number of hydrogen-bond donors (Lipinski definition) is 0. The number of rotatable bonds is 8. The highest BCUT2D eigenvalue weighted by molar-refractivity contribution is 7.18. The Morgan fingerprint density at radius 1 is 1.30 bits per heavy atom. The topological polar surface area (TPSA) is 66.1 Å². The van der Waals surface area contributed by atoms with E-state index < -0.39 is 0 Å². The number of nitrogens with zero attached hydrogens (tertiary/aromatic N) is 3. The number of ketones is 1. The number of carbonyl (C=O) groups is 1. The first kappa shape index (κ1) is 19.5. The van der Waals surface area contributed by atoms with Gasteiger partial charge in [-0.05, 0) is 38.8 Å². The van der Waals surface area contributed by atoms with Crippen LogP contribution in [0.25, 0.3) is 10.2 Å². The van der Waals surface area contributed by atoms with Crippen LogP contribution in [-0.4, -0.2) is 33.6 Å². The summed E-state index contributed by atoms with van der Waals surface area (Å²) in [4.78, 5) is 31.8. The van der Waals surface area contributed by atoms with Gasteiger partial charge in [0.25, 0.3) is 5.56 Å². The minimum atomic E-state index is -0.154. The standard InChI is InChI=1S/C20H25N3O3S/c1-5-15-10-17-19(27-15)21-12-22(20(17)25)11-18(24)16-9-13(2)23(14(16)3)7-6-8-26-4/h9-10,12H,5-8,11H2,1-4H3. The van der Waals surface area contributed by atoms with Crippen molar-refractivity contribution in [3.63, 3.8) is 0 Å². The molecule has 6 nitrogen and oxygen atoms in total. The fourth-order valence-corrected chi connectivity index (χ4v) is 4.26. The van der Waals surface area contributed by atoms with Gasteiger partial charge in [0.1, 0.15) is 4.83 Å². The zero-order valence-corrected chi connectivity index (χ0v) is 17.1. The van der Waals surface area contributed by atoms with Gasteiger partial charge in [0, 0.05) is 42.1 Å². The molecule has 3 aromatic rings. The van der Waals surface area contributed by atoms with E-state index in [0.717, 1.165) is 40.5 Å². The molecule has 0 aromatic carbocycles. The van der Waals surface area contributed by atoms with E-state index in [1.807, 2.05) is 26.0 Å². The molecule has 0 spiro atoms. The summed E-state index contributed by atoms with van der Waals surface area (Å²) in [6.45, 7) is 7.48. The smallest absolute Gasteiger partial charge is 0.262 e. The molecule has 0 saturated carbocycles. The van der Waals surface area contributed by atoms with E-state index >= 15 is 0 Å². The Morgan fingerprint density at radius 3 is 2.78 bits per heavy atom. The normalized spacial score (nSPS) is 11.4. The molecule has 3 aromatic heterocycles. The van der Waals surface area contributed by atoms with Crippen molar-refractivity contribution in [2.75, 3.05) is 13.7 Å². The quantitative estimate of drug-likeness (QED) is 0.439. The monoisotopic (exact) mass is 387 g/mol. The SMILES string of the molecule is CCc1cc2c(=O)n(CC(=O)c3cc(C)n(CCCOC)c3C)cnc2s1. The first-order chi connectivity index (χ1) is 13.0. The van der Waals surface area contributed by atoms with Crippen LogP contribution in [0.5, 0.6) is 0 Å². The summed E-state index contributed by atoms with van der Waals surface area (Å²) in [6.07, 6.45) is 3.24. The van der Waals surface area contributed by atoms with Gasteiger partial charge in [0.15, 0.2) is 5.78 Å². The molecule has 0 fully saturated rings. The molecule has 0 N–H and O–H groups in total. The molecule has 0 bridgehead atoms. The van der Waals surface area contributed by atoms with Crippen molar-refractivity contribution in [1.82, 2.24) is 14.1 Å². The van der Waals surface area contributed by atoms with Crippen molar-refractivity contribution in [2.45, 2.75) is 46.7 Å². The summed E-state index contributed by atoms with van der Waals surface area (Å²) in [5.74, 6) is -0.0738. The van der Waals surface area contributed by atoms with E-state index in [4.69, 9.17) is 4.74 Å². The highest BCUT2D eigenvalue weighted by atomic mass is 32.1. The number of aryl methyl sites for hydroxylation is 2. The van der Waals surface area contributed by atoms with Gasteiger partial charge in [-0.1, -0.05) is 6.92 Å². The molecule has 0 unspecified atom stereocenters. The first-order valence-electron chi connectivity index (χ1n) is 9.13. The van der Waals surface area contributed by atoms with E-state index in [2.05, 4.69) is 16.5 Å². The van der Waals surface area contributed by atoms with Crippen LogP contribution in [0.1, 0.15) is 40.0 Å². The van der Waals surface area contributed by atoms with Crippen LogP contribution in [0.3, 0.4) is 0 Å². The van der Waals surface area contributed by atoms with Gasteiger partial charge in [-0.15, -0.1) is 11.3 Å². The summed E-state index contributed by atoms with van der Waals surface area (Å²) < 4.78 is 8.65. The second-order valence-corrected chi connectivity index (χ2v) is 7.78.